The molecule has 134 valence electrons. The summed E-state index contributed by atoms with van der Waals surface area (Å²) in [4.78, 5) is 17.9. The zero-order chi connectivity index (χ0) is 19.0. The Hall–Kier alpha value is -2.50. The van der Waals surface area contributed by atoms with Crippen LogP contribution in [0.5, 0.6) is 0 Å². The second-order valence-corrected chi connectivity index (χ2v) is 7.43. The lowest BCUT2D eigenvalue weighted by Crippen LogP contribution is -2.24. The van der Waals surface area contributed by atoms with Crippen molar-refractivity contribution >= 4 is 38.4 Å². The van der Waals surface area contributed by atoms with Gasteiger partial charge in [-0.1, -0.05) is 57.9 Å². The molecule has 1 aromatic heterocycles. The molecular formula is C21H13BrClFN2O. The Balaban J connectivity index is 2.00. The largest absolute Gasteiger partial charge is 0.288 e. The molecule has 1 heterocycles. The Morgan fingerprint density at radius 1 is 1.04 bits per heavy atom. The molecule has 0 radical (unpaired) electrons. The van der Waals surface area contributed by atoms with Crippen LogP contribution in [0.1, 0.15) is 5.56 Å². The van der Waals surface area contributed by atoms with E-state index in [4.69, 9.17) is 11.6 Å². The SMILES string of the molecule is O=c1c2cc(Br)ccc2nc(-c2ccc(Cl)c(F)c2)n1Cc1ccccc1. The number of fused-ring (bicyclic) bond motifs is 1. The van der Waals surface area contributed by atoms with Crippen LogP contribution in [0.2, 0.25) is 5.02 Å². The van der Waals surface area contributed by atoms with Crippen molar-refractivity contribution in [2.45, 2.75) is 6.54 Å². The van der Waals surface area contributed by atoms with Crippen LogP contribution in [0, 0.1) is 5.82 Å². The lowest BCUT2D eigenvalue weighted by Gasteiger charge is -2.14. The molecule has 0 saturated carbocycles. The fourth-order valence-electron chi connectivity index (χ4n) is 2.96. The lowest BCUT2D eigenvalue weighted by molar-refractivity contribution is 0.628. The first-order chi connectivity index (χ1) is 13.0. The number of aromatic nitrogens is 2. The number of nitrogens with zero attached hydrogens (tertiary/aromatic N) is 2. The molecule has 0 aliphatic heterocycles. The van der Waals surface area contributed by atoms with Gasteiger partial charge < -0.3 is 0 Å². The monoisotopic (exact) mass is 442 g/mol. The van der Waals surface area contributed by atoms with Crippen molar-refractivity contribution in [3.8, 4) is 11.4 Å². The van der Waals surface area contributed by atoms with Crippen LogP contribution in [0.15, 0.2) is 76.0 Å². The van der Waals surface area contributed by atoms with Crippen LogP contribution in [0.25, 0.3) is 22.3 Å². The van der Waals surface area contributed by atoms with Gasteiger partial charge in [-0.25, -0.2) is 9.37 Å². The highest BCUT2D eigenvalue weighted by Gasteiger charge is 2.15. The van der Waals surface area contributed by atoms with E-state index in [1.165, 1.54) is 12.1 Å². The third kappa shape index (κ3) is 3.53. The fourth-order valence-corrected chi connectivity index (χ4v) is 3.44. The highest BCUT2D eigenvalue weighted by molar-refractivity contribution is 9.10. The summed E-state index contributed by atoms with van der Waals surface area (Å²) < 4.78 is 16.4. The summed E-state index contributed by atoms with van der Waals surface area (Å²) in [6, 6.07) is 19.4. The Morgan fingerprint density at radius 3 is 2.56 bits per heavy atom. The van der Waals surface area contributed by atoms with Crippen LogP contribution in [0.4, 0.5) is 4.39 Å². The third-order valence-electron chi connectivity index (χ3n) is 4.28. The molecule has 0 spiro atoms. The predicted molar refractivity (Wildman–Crippen MR) is 110 cm³/mol. The van der Waals surface area contributed by atoms with Gasteiger partial charge in [0.05, 0.1) is 22.5 Å². The molecule has 0 aliphatic carbocycles. The highest BCUT2D eigenvalue weighted by Crippen LogP contribution is 2.25. The molecule has 0 fully saturated rings. The van der Waals surface area contributed by atoms with E-state index in [0.29, 0.717) is 28.8 Å². The normalized spacial score (nSPS) is 11.1. The summed E-state index contributed by atoms with van der Waals surface area (Å²) in [6.07, 6.45) is 0. The van der Waals surface area contributed by atoms with Gasteiger partial charge in [0, 0.05) is 10.0 Å². The molecule has 4 rings (SSSR count). The average molecular weight is 444 g/mol. The summed E-state index contributed by atoms with van der Waals surface area (Å²) in [5.41, 5.74) is 1.81. The maximum absolute atomic E-state index is 14.0. The van der Waals surface area contributed by atoms with E-state index in [9.17, 15) is 9.18 Å². The number of rotatable bonds is 3. The predicted octanol–water partition coefficient (Wildman–Crippen LogP) is 5.67. The molecule has 3 nitrogen and oxygen atoms in total. The maximum atomic E-state index is 14.0. The highest BCUT2D eigenvalue weighted by atomic mass is 79.9. The molecule has 0 aliphatic rings. The van der Waals surface area contributed by atoms with E-state index < -0.39 is 5.82 Å². The van der Waals surface area contributed by atoms with Gasteiger partial charge in [-0.05, 0) is 42.0 Å². The summed E-state index contributed by atoms with van der Waals surface area (Å²) in [7, 11) is 0. The van der Waals surface area contributed by atoms with Gasteiger partial charge in [-0.2, -0.15) is 0 Å². The molecule has 6 heteroatoms. The second kappa shape index (κ2) is 7.25. The average Bonchev–Trinajstić information content (AvgIpc) is 2.67. The number of benzene rings is 3. The van der Waals surface area contributed by atoms with E-state index in [2.05, 4.69) is 20.9 Å². The van der Waals surface area contributed by atoms with Crippen molar-refractivity contribution in [3.63, 3.8) is 0 Å². The summed E-state index contributed by atoms with van der Waals surface area (Å²) in [6.45, 7) is 0.328. The van der Waals surface area contributed by atoms with Crippen LogP contribution >= 0.6 is 27.5 Å². The Morgan fingerprint density at radius 2 is 1.81 bits per heavy atom. The van der Waals surface area contributed by atoms with Gasteiger partial charge in [0.15, 0.2) is 0 Å². The minimum Gasteiger partial charge on any atom is -0.288 e. The smallest absolute Gasteiger partial charge is 0.262 e. The van der Waals surface area contributed by atoms with Crippen molar-refractivity contribution in [3.05, 3.63) is 98.0 Å². The van der Waals surface area contributed by atoms with E-state index in [-0.39, 0.29) is 10.6 Å². The van der Waals surface area contributed by atoms with Crippen molar-refractivity contribution < 1.29 is 4.39 Å². The van der Waals surface area contributed by atoms with E-state index in [1.807, 2.05) is 36.4 Å². The molecule has 0 amide bonds. The Bertz CT molecular complexity index is 1210. The molecule has 0 saturated heterocycles. The number of hydrogen-bond donors (Lipinski definition) is 0. The van der Waals surface area contributed by atoms with Crippen LogP contribution < -0.4 is 5.56 Å². The summed E-state index contributed by atoms with van der Waals surface area (Å²) in [5.74, 6) is -0.153. The lowest BCUT2D eigenvalue weighted by atomic mass is 10.1. The molecule has 27 heavy (non-hydrogen) atoms. The van der Waals surface area contributed by atoms with Gasteiger partial charge in [0.1, 0.15) is 11.6 Å². The van der Waals surface area contributed by atoms with Crippen molar-refractivity contribution in [1.82, 2.24) is 9.55 Å². The maximum Gasteiger partial charge on any atom is 0.262 e. The van der Waals surface area contributed by atoms with Gasteiger partial charge in [0.2, 0.25) is 0 Å². The van der Waals surface area contributed by atoms with Gasteiger partial charge in [-0.15, -0.1) is 0 Å². The first kappa shape index (κ1) is 17.9. The third-order valence-corrected chi connectivity index (χ3v) is 5.08. The molecule has 4 aromatic rings. The van der Waals surface area contributed by atoms with Crippen LogP contribution in [0.3, 0.4) is 0 Å². The zero-order valence-corrected chi connectivity index (χ0v) is 16.3. The standard InChI is InChI=1S/C21H13BrClFN2O/c22-15-7-9-19-16(11-15)21(27)26(12-13-4-2-1-3-5-13)20(25-19)14-6-8-17(23)18(24)10-14/h1-11H,12H2. The molecule has 0 bridgehead atoms. The topological polar surface area (TPSA) is 34.9 Å². The number of hydrogen-bond acceptors (Lipinski definition) is 2. The van der Waals surface area contributed by atoms with E-state index >= 15 is 0 Å². The molecule has 0 N–H and O–H groups in total. The minimum absolute atomic E-state index is 0.0282. The first-order valence-corrected chi connectivity index (χ1v) is 9.39. The van der Waals surface area contributed by atoms with E-state index in [1.54, 1.807) is 22.8 Å². The van der Waals surface area contributed by atoms with Gasteiger partial charge in [0.25, 0.3) is 5.56 Å². The molecule has 3 aromatic carbocycles. The van der Waals surface area contributed by atoms with Crippen molar-refractivity contribution in [1.29, 1.82) is 0 Å². The molecule has 0 unspecified atom stereocenters. The van der Waals surface area contributed by atoms with E-state index in [0.717, 1.165) is 10.0 Å². The van der Waals surface area contributed by atoms with Crippen LogP contribution in [-0.2, 0) is 6.54 Å². The Kier molecular flexibility index (Phi) is 4.81. The zero-order valence-electron chi connectivity index (χ0n) is 14.0. The summed E-state index contributed by atoms with van der Waals surface area (Å²) in [5, 5.41) is 0.527. The summed E-state index contributed by atoms with van der Waals surface area (Å²) >= 11 is 9.21. The van der Waals surface area contributed by atoms with Gasteiger partial charge >= 0.3 is 0 Å². The minimum atomic E-state index is -0.550. The Labute approximate surface area is 168 Å². The quantitative estimate of drug-likeness (QED) is 0.409. The van der Waals surface area contributed by atoms with Crippen LogP contribution in [-0.4, -0.2) is 9.55 Å². The second-order valence-electron chi connectivity index (χ2n) is 6.10. The fraction of sp³-hybridized carbons (Fsp3) is 0.0476. The first-order valence-electron chi connectivity index (χ1n) is 8.22. The van der Waals surface area contributed by atoms with Gasteiger partial charge in [-0.3, -0.25) is 9.36 Å². The van der Waals surface area contributed by atoms with Crippen molar-refractivity contribution in [2.75, 3.05) is 0 Å². The molecule has 0 atom stereocenters. The van der Waals surface area contributed by atoms with Crippen molar-refractivity contribution in [2.24, 2.45) is 0 Å². The number of halogens is 3. The molecular weight excluding hydrogens is 431 g/mol.